The van der Waals surface area contributed by atoms with Gasteiger partial charge in [-0.15, -0.1) is 0 Å². The van der Waals surface area contributed by atoms with Crippen molar-refractivity contribution < 1.29 is 9.59 Å². The lowest BCUT2D eigenvalue weighted by Crippen LogP contribution is -2.18. The van der Waals surface area contributed by atoms with E-state index < -0.39 is 0 Å². The molecule has 0 aliphatic heterocycles. The van der Waals surface area contributed by atoms with Crippen LogP contribution in [0.4, 0.5) is 34.1 Å². The molecule has 0 heterocycles. The van der Waals surface area contributed by atoms with E-state index in [-0.39, 0.29) is 0 Å². The lowest BCUT2D eigenvalue weighted by atomic mass is 9.95. The maximum absolute atomic E-state index is 11.8. The summed E-state index contributed by atoms with van der Waals surface area (Å²) in [4.78, 5) is 28.3. The van der Waals surface area contributed by atoms with E-state index in [1.54, 1.807) is 0 Å². The van der Waals surface area contributed by atoms with Crippen molar-refractivity contribution in [2.24, 2.45) is 0 Å². The van der Waals surface area contributed by atoms with Gasteiger partial charge in [-0.2, -0.15) is 0 Å². The molecule has 258 valence electrons. The van der Waals surface area contributed by atoms with Crippen LogP contribution in [0.3, 0.4) is 0 Å². The molecule has 52 heavy (non-hydrogen) atoms. The summed E-state index contributed by atoms with van der Waals surface area (Å²) in [5.74, 6) is 0. The number of aryl methyl sites for hydroxylation is 2. The zero-order chi connectivity index (χ0) is 35.9. The van der Waals surface area contributed by atoms with Gasteiger partial charge in [0.05, 0.1) is 11.4 Å². The number of benzene rings is 7. The van der Waals surface area contributed by atoms with Gasteiger partial charge < -0.3 is 9.80 Å². The third kappa shape index (κ3) is 6.97. The number of hydrogen-bond acceptors (Lipinski definition) is 4. The Morgan fingerprint density at radius 2 is 0.712 bits per heavy atom. The van der Waals surface area contributed by atoms with Crippen LogP contribution in [0.1, 0.15) is 71.4 Å². The van der Waals surface area contributed by atoms with Gasteiger partial charge in [-0.3, -0.25) is 9.59 Å². The summed E-state index contributed by atoms with van der Waals surface area (Å²) in [6.45, 7) is 4.45. The Morgan fingerprint density at radius 1 is 0.404 bits per heavy atom. The van der Waals surface area contributed by atoms with Crippen molar-refractivity contribution in [3.63, 3.8) is 0 Å². The number of fused-ring (bicyclic) bond motifs is 3. The highest BCUT2D eigenvalue weighted by atomic mass is 16.1. The fourth-order valence-corrected chi connectivity index (χ4v) is 7.16. The van der Waals surface area contributed by atoms with Gasteiger partial charge in [0.1, 0.15) is 12.6 Å². The van der Waals surface area contributed by atoms with Gasteiger partial charge in [0.2, 0.25) is 0 Å². The van der Waals surface area contributed by atoms with Crippen LogP contribution in [0.2, 0.25) is 0 Å². The van der Waals surface area contributed by atoms with E-state index in [1.165, 1.54) is 11.1 Å². The SMILES string of the molecule is CCCCc1ccc(N(c2ccc(C=O)cc2)c2c(N(c3ccc(C=O)cc3)c3ccc(CCCC)cc3)c3ccccc3c3ccccc23)cc1. The summed E-state index contributed by atoms with van der Waals surface area (Å²) < 4.78 is 0. The first kappa shape index (κ1) is 34.4. The summed E-state index contributed by atoms with van der Waals surface area (Å²) in [7, 11) is 0. The number of hydrogen-bond donors (Lipinski definition) is 0. The van der Waals surface area contributed by atoms with Crippen LogP contribution >= 0.6 is 0 Å². The Kier molecular flexibility index (Phi) is 10.5. The average molecular weight is 681 g/mol. The Morgan fingerprint density at radius 3 is 1.02 bits per heavy atom. The molecule has 0 saturated heterocycles. The van der Waals surface area contributed by atoms with E-state index in [1.807, 2.05) is 48.5 Å². The molecule has 0 atom stereocenters. The second-order valence-electron chi connectivity index (χ2n) is 13.4. The van der Waals surface area contributed by atoms with Crippen LogP contribution in [0.5, 0.6) is 0 Å². The molecule has 4 heteroatoms. The fraction of sp³-hybridized carbons (Fsp3) is 0.167. The van der Waals surface area contributed by atoms with Crippen molar-refractivity contribution in [1.82, 2.24) is 0 Å². The second kappa shape index (κ2) is 15.9. The molecule has 0 N–H and O–H groups in total. The molecule has 0 fully saturated rings. The molecule has 0 amide bonds. The molecule has 7 aromatic rings. The Labute approximate surface area is 307 Å². The first-order valence-corrected chi connectivity index (χ1v) is 18.5. The quantitative estimate of drug-likeness (QED) is 0.0651. The predicted molar refractivity (Wildman–Crippen MR) is 219 cm³/mol. The van der Waals surface area contributed by atoms with Gasteiger partial charge in [-0.25, -0.2) is 0 Å². The molecule has 4 nitrogen and oxygen atoms in total. The zero-order valence-corrected chi connectivity index (χ0v) is 30.0. The van der Waals surface area contributed by atoms with E-state index in [9.17, 15) is 9.59 Å². The summed E-state index contributed by atoms with van der Waals surface area (Å²) >= 11 is 0. The van der Waals surface area contributed by atoms with Crippen molar-refractivity contribution in [2.45, 2.75) is 52.4 Å². The van der Waals surface area contributed by atoms with E-state index in [4.69, 9.17) is 0 Å². The van der Waals surface area contributed by atoms with Crippen LogP contribution < -0.4 is 9.80 Å². The largest absolute Gasteiger partial charge is 0.308 e. The second-order valence-corrected chi connectivity index (χ2v) is 13.4. The Bertz CT molecular complexity index is 2130. The predicted octanol–water partition coefficient (Wildman–Crippen LogP) is 13.2. The van der Waals surface area contributed by atoms with Gasteiger partial charge in [0.25, 0.3) is 0 Å². The summed E-state index contributed by atoms with van der Waals surface area (Å²) in [6.07, 6.45) is 8.43. The molecule has 0 spiro atoms. The number of anilines is 6. The zero-order valence-electron chi connectivity index (χ0n) is 30.0. The summed E-state index contributed by atoms with van der Waals surface area (Å²) in [5, 5.41) is 4.49. The molecular formula is C48H44N2O2. The van der Waals surface area contributed by atoms with E-state index in [2.05, 4.69) is 121 Å². The van der Waals surface area contributed by atoms with Crippen molar-refractivity contribution >= 4 is 68.2 Å². The average Bonchev–Trinajstić information content (AvgIpc) is 3.21. The van der Waals surface area contributed by atoms with Gasteiger partial charge in [-0.05, 0) is 120 Å². The van der Waals surface area contributed by atoms with Crippen molar-refractivity contribution in [1.29, 1.82) is 0 Å². The molecular weight excluding hydrogens is 637 g/mol. The minimum Gasteiger partial charge on any atom is -0.308 e. The number of nitrogens with zero attached hydrogens (tertiary/aromatic N) is 2. The third-order valence-electron chi connectivity index (χ3n) is 9.93. The molecule has 0 bridgehead atoms. The monoisotopic (exact) mass is 680 g/mol. The minimum absolute atomic E-state index is 0.627. The Balaban J connectivity index is 1.58. The normalized spacial score (nSPS) is 11.1. The lowest BCUT2D eigenvalue weighted by Gasteiger charge is -2.35. The molecule has 0 saturated carbocycles. The van der Waals surface area contributed by atoms with Gasteiger partial charge in [-0.1, -0.05) is 99.5 Å². The Hall–Kier alpha value is -6.00. The smallest absolute Gasteiger partial charge is 0.150 e. The van der Waals surface area contributed by atoms with Crippen molar-refractivity contribution in [3.8, 4) is 0 Å². The highest BCUT2D eigenvalue weighted by Crippen LogP contribution is 2.53. The lowest BCUT2D eigenvalue weighted by molar-refractivity contribution is 0.111. The van der Waals surface area contributed by atoms with E-state index in [0.717, 1.165) is 107 Å². The van der Waals surface area contributed by atoms with Crippen LogP contribution in [-0.2, 0) is 12.8 Å². The first-order valence-electron chi connectivity index (χ1n) is 18.5. The fourth-order valence-electron chi connectivity index (χ4n) is 7.16. The molecule has 0 aromatic heterocycles. The van der Waals surface area contributed by atoms with Crippen LogP contribution in [0.25, 0.3) is 21.5 Å². The van der Waals surface area contributed by atoms with Gasteiger partial charge in [0, 0.05) is 44.6 Å². The van der Waals surface area contributed by atoms with Crippen molar-refractivity contribution in [3.05, 3.63) is 168 Å². The van der Waals surface area contributed by atoms with E-state index >= 15 is 0 Å². The molecule has 0 radical (unpaired) electrons. The topological polar surface area (TPSA) is 40.6 Å². The number of rotatable bonds is 14. The van der Waals surface area contributed by atoms with Gasteiger partial charge >= 0.3 is 0 Å². The standard InChI is InChI=1S/C48H44N2O2/c1-3-5-11-35-17-25-39(26-18-35)49(41-29-21-37(33-51)22-30-41)47-45-15-9-7-13-43(45)44-14-8-10-16-46(44)48(47)50(42-31-23-38(34-52)24-32-42)40-27-19-36(20-28-40)12-6-4-2/h7-10,13-34H,3-6,11-12H2,1-2H3. The highest BCUT2D eigenvalue weighted by Gasteiger charge is 2.27. The van der Waals surface area contributed by atoms with Crippen molar-refractivity contribution in [2.75, 3.05) is 9.80 Å². The first-order chi connectivity index (χ1) is 25.6. The van der Waals surface area contributed by atoms with Crippen LogP contribution in [0.15, 0.2) is 146 Å². The van der Waals surface area contributed by atoms with Crippen LogP contribution in [-0.4, -0.2) is 12.6 Å². The number of carbonyl (C=O) groups excluding carboxylic acids is 2. The maximum atomic E-state index is 11.8. The van der Waals surface area contributed by atoms with E-state index in [0.29, 0.717) is 11.1 Å². The molecule has 0 aliphatic rings. The number of carbonyl (C=O) groups is 2. The minimum atomic E-state index is 0.627. The molecule has 0 unspecified atom stereocenters. The number of unbranched alkanes of at least 4 members (excludes halogenated alkanes) is 2. The summed E-state index contributed by atoms with van der Waals surface area (Å²) in [6, 6.07) is 50.8. The van der Waals surface area contributed by atoms with Crippen LogP contribution in [0, 0.1) is 0 Å². The molecule has 0 aliphatic carbocycles. The van der Waals surface area contributed by atoms with Gasteiger partial charge in [0.15, 0.2) is 0 Å². The highest BCUT2D eigenvalue weighted by molar-refractivity contribution is 6.23. The third-order valence-corrected chi connectivity index (χ3v) is 9.93. The molecule has 7 aromatic carbocycles. The summed E-state index contributed by atoms with van der Waals surface area (Å²) in [5.41, 5.74) is 9.84. The number of aldehydes is 2. The molecule has 7 rings (SSSR count). The maximum Gasteiger partial charge on any atom is 0.150 e.